The first-order chi connectivity index (χ1) is 10.1. The quantitative estimate of drug-likeness (QED) is 0.735. The maximum absolute atomic E-state index is 12.8. The molecule has 0 amide bonds. The number of aliphatic hydroxyl groups is 1. The van der Waals surface area contributed by atoms with Gasteiger partial charge in [-0.2, -0.15) is 0 Å². The first kappa shape index (κ1) is 14.9. The lowest BCUT2D eigenvalue weighted by atomic mass is 9.52. The van der Waals surface area contributed by atoms with Gasteiger partial charge in [-0.25, -0.2) is 0 Å². The molecule has 0 aromatic heterocycles. The van der Waals surface area contributed by atoms with Crippen molar-refractivity contribution in [3.8, 4) is 0 Å². The molecule has 2 nitrogen and oxygen atoms in total. The molecule has 3 fully saturated rings. The summed E-state index contributed by atoms with van der Waals surface area (Å²) in [7, 11) is 0. The molecule has 22 heavy (non-hydrogen) atoms. The Balaban J connectivity index is 1.94. The van der Waals surface area contributed by atoms with Gasteiger partial charge in [0, 0.05) is 5.41 Å². The predicted octanol–water partition coefficient (Wildman–Crippen LogP) is 3.98. The van der Waals surface area contributed by atoms with E-state index in [1.165, 1.54) is 12.8 Å². The fourth-order valence-electron chi connectivity index (χ4n) is 7.81. The Hall–Kier alpha value is -0.630. The molecule has 0 saturated heterocycles. The zero-order chi connectivity index (χ0) is 16.1. The number of fused-ring (bicyclic) bond motifs is 2. The third-order valence-corrected chi connectivity index (χ3v) is 8.54. The molecule has 0 radical (unpaired) electrons. The van der Waals surface area contributed by atoms with Crippen LogP contribution in [0.4, 0.5) is 0 Å². The van der Waals surface area contributed by atoms with Gasteiger partial charge in [0.25, 0.3) is 0 Å². The lowest BCUT2D eigenvalue weighted by molar-refractivity contribution is -0.134. The molecule has 0 heterocycles. The van der Waals surface area contributed by atoms with E-state index in [2.05, 4.69) is 40.7 Å². The van der Waals surface area contributed by atoms with Crippen molar-refractivity contribution in [2.45, 2.75) is 66.4 Å². The van der Waals surface area contributed by atoms with Crippen molar-refractivity contribution in [1.82, 2.24) is 0 Å². The highest BCUT2D eigenvalue weighted by Crippen LogP contribution is 2.79. The SMILES string of the molecule is C[C@@H]1C=CC(=O)[C@@]2(C)C[C@H](O)[C@@H]3[C@H]4C(C)(C)CC[C@@]4(C)C[C@]312. The number of ketones is 1. The van der Waals surface area contributed by atoms with Crippen LogP contribution >= 0.6 is 0 Å². The topological polar surface area (TPSA) is 37.3 Å². The first-order valence-corrected chi connectivity index (χ1v) is 8.99. The average molecular weight is 302 g/mol. The molecule has 7 atom stereocenters. The second kappa shape index (κ2) is 3.88. The summed E-state index contributed by atoms with van der Waals surface area (Å²) >= 11 is 0. The van der Waals surface area contributed by atoms with Crippen molar-refractivity contribution in [1.29, 1.82) is 0 Å². The zero-order valence-corrected chi connectivity index (χ0v) is 14.6. The summed E-state index contributed by atoms with van der Waals surface area (Å²) in [6.07, 6.45) is 7.88. The standard InChI is InChI=1S/C20H30O2/c1-12-6-7-14(22)19(5)10-13(21)15-16-17(2,3)8-9-18(16,4)11-20(12,15)19/h6-7,12-13,15-16,21H,8-11H2,1-5H3/t12-,13+,15-,16+,18+,19-,20-/m1/s1. The molecule has 3 saturated carbocycles. The van der Waals surface area contributed by atoms with Crippen molar-refractivity contribution >= 4 is 5.78 Å². The molecular formula is C20H30O2. The maximum atomic E-state index is 12.8. The van der Waals surface area contributed by atoms with Gasteiger partial charge >= 0.3 is 0 Å². The van der Waals surface area contributed by atoms with Crippen LogP contribution in [-0.2, 0) is 4.79 Å². The van der Waals surface area contributed by atoms with Crippen molar-refractivity contribution in [3.05, 3.63) is 12.2 Å². The molecule has 1 spiro atoms. The van der Waals surface area contributed by atoms with Gasteiger partial charge in [0.2, 0.25) is 0 Å². The molecule has 122 valence electrons. The highest BCUT2D eigenvalue weighted by Gasteiger charge is 2.77. The highest BCUT2D eigenvalue weighted by atomic mass is 16.3. The first-order valence-electron chi connectivity index (χ1n) is 8.99. The third-order valence-electron chi connectivity index (χ3n) is 8.54. The van der Waals surface area contributed by atoms with Crippen molar-refractivity contribution < 1.29 is 9.90 Å². The van der Waals surface area contributed by atoms with Gasteiger partial charge in [0.15, 0.2) is 5.78 Å². The van der Waals surface area contributed by atoms with Crippen molar-refractivity contribution in [2.75, 3.05) is 0 Å². The van der Waals surface area contributed by atoms with E-state index in [9.17, 15) is 9.90 Å². The number of carbonyl (C=O) groups is 1. The molecule has 4 aliphatic rings. The van der Waals surface area contributed by atoms with Crippen LogP contribution in [0.5, 0.6) is 0 Å². The summed E-state index contributed by atoms with van der Waals surface area (Å²) in [5.41, 5.74) is 0.166. The Labute approximate surface area is 134 Å². The minimum Gasteiger partial charge on any atom is -0.393 e. The lowest BCUT2D eigenvalue weighted by Crippen LogP contribution is -2.50. The summed E-state index contributed by atoms with van der Waals surface area (Å²) in [5.74, 6) is 1.46. The van der Waals surface area contributed by atoms with Gasteiger partial charge in [-0.3, -0.25) is 4.79 Å². The second-order valence-corrected chi connectivity index (χ2v) is 9.98. The van der Waals surface area contributed by atoms with Crippen LogP contribution in [0.3, 0.4) is 0 Å². The van der Waals surface area contributed by atoms with E-state index in [-0.39, 0.29) is 39.5 Å². The highest BCUT2D eigenvalue weighted by molar-refractivity contribution is 5.97. The molecule has 0 aromatic carbocycles. The lowest BCUT2D eigenvalue weighted by Gasteiger charge is -2.50. The van der Waals surface area contributed by atoms with Crippen molar-refractivity contribution in [3.63, 3.8) is 0 Å². The minimum absolute atomic E-state index is 0.0324. The van der Waals surface area contributed by atoms with Crippen LogP contribution in [0.25, 0.3) is 0 Å². The van der Waals surface area contributed by atoms with Crippen LogP contribution in [0.1, 0.15) is 60.3 Å². The van der Waals surface area contributed by atoms with Crippen LogP contribution < -0.4 is 0 Å². The average Bonchev–Trinajstić information content (AvgIpc) is 2.91. The number of carbonyl (C=O) groups excluding carboxylic acids is 1. The molecule has 2 heteroatoms. The summed E-state index contributed by atoms with van der Waals surface area (Å²) in [6.45, 7) is 11.6. The summed E-state index contributed by atoms with van der Waals surface area (Å²) in [5, 5.41) is 11.0. The Morgan fingerprint density at radius 2 is 1.86 bits per heavy atom. The van der Waals surface area contributed by atoms with Crippen LogP contribution in [0, 0.1) is 39.4 Å². The Kier molecular flexibility index (Phi) is 2.63. The van der Waals surface area contributed by atoms with Gasteiger partial charge in [-0.1, -0.05) is 40.7 Å². The maximum Gasteiger partial charge on any atom is 0.161 e. The second-order valence-electron chi connectivity index (χ2n) is 9.98. The minimum atomic E-state index is -0.366. The van der Waals surface area contributed by atoms with E-state index < -0.39 is 0 Å². The smallest absolute Gasteiger partial charge is 0.161 e. The largest absolute Gasteiger partial charge is 0.393 e. The Bertz CT molecular complexity index is 576. The molecule has 0 unspecified atom stereocenters. The molecule has 4 rings (SSSR count). The van der Waals surface area contributed by atoms with E-state index in [0.717, 1.165) is 6.42 Å². The van der Waals surface area contributed by atoms with Crippen molar-refractivity contribution in [2.24, 2.45) is 39.4 Å². The molecule has 0 aliphatic heterocycles. The number of rotatable bonds is 0. The predicted molar refractivity (Wildman–Crippen MR) is 87.2 cm³/mol. The molecule has 1 N–H and O–H groups in total. The van der Waals surface area contributed by atoms with Gasteiger partial charge in [-0.15, -0.1) is 0 Å². The fraction of sp³-hybridized carbons (Fsp3) is 0.850. The molecule has 0 bridgehead atoms. The van der Waals surface area contributed by atoms with Crippen LogP contribution in [-0.4, -0.2) is 17.0 Å². The fourth-order valence-corrected chi connectivity index (χ4v) is 7.81. The normalized spacial score (nSPS) is 58.5. The monoisotopic (exact) mass is 302 g/mol. The van der Waals surface area contributed by atoms with E-state index in [1.807, 2.05) is 0 Å². The van der Waals surface area contributed by atoms with E-state index >= 15 is 0 Å². The summed E-state index contributed by atoms with van der Waals surface area (Å²) in [4.78, 5) is 12.8. The van der Waals surface area contributed by atoms with Crippen LogP contribution in [0.2, 0.25) is 0 Å². The van der Waals surface area contributed by atoms with Crippen LogP contribution in [0.15, 0.2) is 12.2 Å². The van der Waals surface area contributed by atoms with Gasteiger partial charge in [0.1, 0.15) is 0 Å². The van der Waals surface area contributed by atoms with E-state index in [1.54, 1.807) is 6.08 Å². The summed E-state index contributed by atoms with van der Waals surface area (Å²) in [6, 6.07) is 0. The Morgan fingerprint density at radius 1 is 1.18 bits per heavy atom. The molecule has 4 aliphatic carbocycles. The van der Waals surface area contributed by atoms with E-state index in [0.29, 0.717) is 18.3 Å². The molecular weight excluding hydrogens is 272 g/mol. The zero-order valence-electron chi connectivity index (χ0n) is 14.6. The van der Waals surface area contributed by atoms with Gasteiger partial charge < -0.3 is 5.11 Å². The van der Waals surface area contributed by atoms with Gasteiger partial charge in [-0.05, 0) is 65.8 Å². The number of aliphatic hydroxyl groups excluding tert-OH is 1. The third kappa shape index (κ3) is 1.36. The number of hydrogen-bond acceptors (Lipinski definition) is 2. The number of hydrogen-bond donors (Lipinski definition) is 1. The summed E-state index contributed by atoms with van der Waals surface area (Å²) < 4.78 is 0. The number of allylic oxidation sites excluding steroid dienone is 2. The Morgan fingerprint density at radius 3 is 2.55 bits per heavy atom. The molecule has 0 aromatic rings. The van der Waals surface area contributed by atoms with Gasteiger partial charge in [0.05, 0.1) is 6.10 Å². The van der Waals surface area contributed by atoms with E-state index in [4.69, 9.17) is 0 Å².